The summed E-state index contributed by atoms with van der Waals surface area (Å²) in [5.41, 5.74) is 5.24. The third-order valence-corrected chi connectivity index (χ3v) is 2.92. The van der Waals surface area contributed by atoms with Gasteiger partial charge in [-0.15, -0.1) is 12.4 Å². The quantitative estimate of drug-likeness (QED) is 0.837. The molecule has 0 bridgehead atoms. The van der Waals surface area contributed by atoms with Crippen molar-refractivity contribution in [2.45, 2.75) is 32.7 Å². The first-order chi connectivity index (χ1) is 8.77. The zero-order chi connectivity index (χ0) is 14.6. The van der Waals surface area contributed by atoms with Crippen LogP contribution in [0.5, 0.6) is 0 Å². The molecule has 0 radical (unpaired) electrons. The van der Waals surface area contributed by atoms with Crippen LogP contribution in [-0.4, -0.2) is 27.8 Å². The number of rotatable bonds is 5. The van der Waals surface area contributed by atoms with E-state index in [-0.39, 0.29) is 29.6 Å². The monoisotopic (exact) mass is 302 g/mol. The molecule has 1 rings (SSSR count). The van der Waals surface area contributed by atoms with Gasteiger partial charge in [0.1, 0.15) is 5.69 Å². The molecule has 0 saturated carbocycles. The van der Waals surface area contributed by atoms with E-state index in [2.05, 4.69) is 24.3 Å². The molecule has 114 valence electrons. The Morgan fingerprint density at radius 3 is 2.55 bits per heavy atom. The third-order valence-electron chi connectivity index (χ3n) is 2.92. The fourth-order valence-corrected chi connectivity index (χ4v) is 2.05. The van der Waals surface area contributed by atoms with Crippen molar-refractivity contribution in [1.82, 2.24) is 15.1 Å². The fraction of sp³-hybridized carbons (Fsp3) is 0.615. The molecule has 0 spiro atoms. The van der Waals surface area contributed by atoms with E-state index in [1.807, 2.05) is 6.92 Å². The van der Waals surface area contributed by atoms with Gasteiger partial charge in [-0.05, 0) is 25.3 Å². The van der Waals surface area contributed by atoms with Gasteiger partial charge < -0.3 is 11.1 Å². The van der Waals surface area contributed by atoms with Gasteiger partial charge in [-0.3, -0.25) is 9.59 Å². The van der Waals surface area contributed by atoms with E-state index in [1.165, 1.54) is 19.2 Å². The van der Waals surface area contributed by atoms with Crippen LogP contribution in [0.2, 0.25) is 0 Å². The number of carbonyl (C=O) groups is 1. The van der Waals surface area contributed by atoms with E-state index in [0.29, 0.717) is 12.5 Å². The second-order valence-corrected chi connectivity index (χ2v) is 5.50. The first-order valence-electron chi connectivity index (χ1n) is 6.34. The molecule has 0 aliphatic rings. The van der Waals surface area contributed by atoms with Gasteiger partial charge in [0.25, 0.3) is 11.5 Å². The predicted molar refractivity (Wildman–Crippen MR) is 81.1 cm³/mol. The van der Waals surface area contributed by atoms with Crippen LogP contribution in [0.3, 0.4) is 0 Å². The molecule has 1 heterocycles. The van der Waals surface area contributed by atoms with E-state index >= 15 is 0 Å². The van der Waals surface area contributed by atoms with Crippen LogP contribution >= 0.6 is 12.4 Å². The molecule has 0 saturated heterocycles. The van der Waals surface area contributed by atoms with Gasteiger partial charge in [0.15, 0.2) is 0 Å². The number of hydrogen-bond donors (Lipinski definition) is 2. The van der Waals surface area contributed by atoms with Crippen molar-refractivity contribution in [2.24, 2.45) is 18.7 Å². The normalized spacial score (nSPS) is 13.5. The lowest BCUT2D eigenvalue weighted by atomic mass is 9.90. The zero-order valence-electron chi connectivity index (χ0n) is 12.3. The Balaban J connectivity index is 0.00000361. The van der Waals surface area contributed by atoms with Crippen LogP contribution in [0.1, 0.15) is 37.7 Å². The van der Waals surface area contributed by atoms with Gasteiger partial charge in [-0.1, -0.05) is 13.8 Å². The maximum Gasteiger partial charge on any atom is 0.272 e. The third kappa shape index (κ3) is 4.94. The van der Waals surface area contributed by atoms with Crippen LogP contribution in [-0.2, 0) is 7.05 Å². The number of amides is 1. The summed E-state index contributed by atoms with van der Waals surface area (Å²) in [5, 5.41) is 6.82. The average molecular weight is 303 g/mol. The van der Waals surface area contributed by atoms with Gasteiger partial charge in [-0.2, -0.15) is 5.10 Å². The number of nitrogens with two attached hydrogens (primary N) is 1. The Labute approximate surface area is 125 Å². The molecule has 3 N–H and O–H groups in total. The molecule has 1 unspecified atom stereocenters. The molecule has 0 aliphatic heterocycles. The summed E-state index contributed by atoms with van der Waals surface area (Å²) in [4.78, 5) is 23.3. The number of halogens is 1. The second kappa shape index (κ2) is 7.40. The van der Waals surface area contributed by atoms with Gasteiger partial charge in [0, 0.05) is 19.7 Å². The Morgan fingerprint density at radius 1 is 1.50 bits per heavy atom. The molecule has 0 fully saturated rings. The van der Waals surface area contributed by atoms with Crippen molar-refractivity contribution in [1.29, 1.82) is 0 Å². The predicted octanol–water partition coefficient (Wildman–Crippen LogP) is 0.695. The van der Waals surface area contributed by atoms with Crippen molar-refractivity contribution in [2.75, 3.05) is 6.54 Å². The highest BCUT2D eigenvalue weighted by Crippen LogP contribution is 2.15. The molecule has 20 heavy (non-hydrogen) atoms. The van der Waals surface area contributed by atoms with Crippen LogP contribution in [0, 0.1) is 5.92 Å². The summed E-state index contributed by atoms with van der Waals surface area (Å²) in [6.45, 7) is 6.41. The maximum absolute atomic E-state index is 12.1. The fourth-order valence-electron chi connectivity index (χ4n) is 2.05. The Bertz CT molecular complexity index is 515. The average Bonchev–Trinajstić information content (AvgIpc) is 2.31. The minimum absolute atomic E-state index is 0. The Hall–Kier alpha value is -1.40. The lowest BCUT2D eigenvalue weighted by Gasteiger charge is -2.31. The Morgan fingerprint density at radius 2 is 2.10 bits per heavy atom. The standard InChI is InChI=1S/C13H22N4O2.ClH/c1-9(2)7-13(3,8-14)15-12(19)10-5-6-11(18)17(4)16-10;/h5-6,9H,7-8,14H2,1-4H3,(H,15,19);1H. The smallest absolute Gasteiger partial charge is 0.272 e. The zero-order valence-corrected chi connectivity index (χ0v) is 13.2. The van der Waals surface area contributed by atoms with Crippen molar-refractivity contribution in [3.8, 4) is 0 Å². The van der Waals surface area contributed by atoms with E-state index in [0.717, 1.165) is 11.1 Å². The minimum Gasteiger partial charge on any atom is -0.344 e. The molecule has 6 nitrogen and oxygen atoms in total. The SMILES string of the molecule is CC(C)CC(C)(CN)NC(=O)c1ccc(=O)n(C)n1.Cl. The maximum atomic E-state index is 12.1. The number of hydrogen-bond acceptors (Lipinski definition) is 4. The van der Waals surface area contributed by atoms with E-state index in [9.17, 15) is 9.59 Å². The summed E-state index contributed by atoms with van der Waals surface area (Å²) in [6, 6.07) is 2.74. The Kier molecular flexibility index (Phi) is 6.88. The molecule has 1 atom stereocenters. The number of nitrogens with zero attached hydrogens (tertiary/aromatic N) is 2. The van der Waals surface area contributed by atoms with Crippen LogP contribution < -0.4 is 16.6 Å². The molecule has 7 heteroatoms. The summed E-state index contributed by atoms with van der Waals surface area (Å²) >= 11 is 0. The molecule has 0 aromatic carbocycles. The number of carbonyl (C=O) groups excluding carboxylic acids is 1. The molecule has 1 aromatic heterocycles. The van der Waals surface area contributed by atoms with Gasteiger partial charge in [0.2, 0.25) is 0 Å². The molecular weight excluding hydrogens is 280 g/mol. The van der Waals surface area contributed by atoms with Crippen molar-refractivity contribution in [3.63, 3.8) is 0 Å². The highest BCUT2D eigenvalue weighted by Gasteiger charge is 2.26. The minimum atomic E-state index is -0.471. The second-order valence-electron chi connectivity index (χ2n) is 5.50. The van der Waals surface area contributed by atoms with Crippen LogP contribution in [0.25, 0.3) is 0 Å². The van der Waals surface area contributed by atoms with Gasteiger partial charge in [-0.25, -0.2) is 4.68 Å². The summed E-state index contributed by atoms with van der Waals surface area (Å²) < 4.78 is 1.14. The van der Waals surface area contributed by atoms with Gasteiger partial charge in [0.05, 0.1) is 5.54 Å². The van der Waals surface area contributed by atoms with Crippen LogP contribution in [0.15, 0.2) is 16.9 Å². The summed E-state index contributed by atoms with van der Waals surface area (Å²) in [7, 11) is 1.51. The first kappa shape index (κ1) is 18.6. The number of nitrogens with one attached hydrogen (secondary N) is 1. The molecule has 1 aromatic rings. The van der Waals surface area contributed by atoms with Crippen molar-refractivity contribution >= 4 is 18.3 Å². The van der Waals surface area contributed by atoms with Crippen molar-refractivity contribution in [3.05, 3.63) is 28.2 Å². The van der Waals surface area contributed by atoms with E-state index < -0.39 is 5.54 Å². The molecule has 0 aliphatic carbocycles. The summed E-state index contributed by atoms with van der Waals surface area (Å²) in [6.07, 6.45) is 0.779. The largest absolute Gasteiger partial charge is 0.344 e. The summed E-state index contributed by atoms with van der Waals surface area (Å²) in [5.74, 6) is 0.103. The lowest BCUT2D eigenvalue weighted by Crippen LogP contribution is -2.52. The van der Waals surface area contributed by atoms with Crippen LogP contribution in [0.4, 0.5) is 0 Å². The number of aryl methyl sites for hydroxylation is 1. The first-order valence-corrected chi connectivity index (χ1v) is 6.34. The number of aromatic nitrogens is 2. The topological polar surface area (TPSA) is 90.0 Å². The van der Waals surface area contributed by atoms with E-state index in [1.54, 1.807) is 0 Å². The highest BCUT2D eigenvalue weighted by molar-refractivity contribution is 5.92. The highest BCUT2D eigenvalue weighted by atomic mass is 35.5. The van der Waals surface area contributed by atoms with E-state index in [4.69, 9.17) is 5.73 Å². The van der Waals surface area contributed by atoms with Gasteiger partial charge >= 0.3 is 0 Å². The lowest BCUT2D eigenvalue weighted by molar-refractivity contribution is 0.0890. The molecular formula is C13H23ClN4O2. The van der Waals surface area contributed by atoms with Crippen molar-refractivity contribution < 1.29 is 4.79 Å². The molecule has 1 amide bonds.